The monoisotopic (exact) mass is 324 g/mol. The van der Waals surface area contributed by atoms with Crippen LogP contribution in [0.25, 0.3) is 10.9 Å². The summed E-state index contributed by atoms with van der Waals surface area (Å²) in [4.78, 5) is 27.0. The van der Waals surface area contributed by atoms with E-state index in [-0.39, 0.29) is 17.9 Å². The van der Waals surface area contributed by atoms with Gasteiger partial charge in [0.25, 0.3) is 5.56 Å². The number of benzene rings is 2. The summed E-state index contributed by atoms with van der Waals surface area (Å²) in [6.45, 7) is 1.93. The fourth-order valence-electron chi connectivity index (χ4n) is 2.65. The second-order valence-electron chi connectivity index (χ2n) is 5.72. The maximum Gasteiger partial charge on any atom is 0.251 e. The lowest BCUT2D eigenvalue weighted by Crippen LogP contribution is -2.17. The van der Waals surface area contributed by atoms with Gasteiger partial charge in [-0.1, -0.05) is 24.3 Å². The van der Waals surface area contributed by atoms with Crippen molar-refractivity contribution in [3.8, 4) is 0 Å². The Morgan fingerprint density at radius 3 is 2.75 bits per heavy atom. The third-order valence-corrected chi connectivity index (χ3v) is 3.89. The number of carbonyl (C=O) groups excluding carboxylic acids is 1. The molecule has 5 heteroatoms. The molecule has 0 aliphatic rings. The normalized spacial score (nSPS) is 10.8. The molecule has 0 spiro atoms. The zero-order chi connectivity index (χ0) is 17.1. The summed E-state index contributed by atoms with van der Waals surface area (Å²) in [5.41, 5.74) is 2.59. The summed E-state index contributed by atoms with van der Waals surface area (Å²) in [6, 6.07) is 13.3. The van der Waals surface area contributed by atoms with Gasteiger partial charge in [-0.3, -0.25) is 9.59 Å². The molecule has 2 aromatic carbocycles. The van der Waals surface area contributed by atoms with Crippen molar-refractivity contribution in [2.75, 3.05) is 5.32 Å². The van der Waals surface area contributed by atoms with Crippen molar-refractivity contribution >= 4 is 22.5 Å². The lowest BCUT2D eigenvalue weighted by Gasteiger charge is -2.07. The summed E-state index contributed by atoms with van der Waals surface area (Å²) in [5, 5.41) is 3.57. The first-order valence-corrected chi connectivity index (χ1v) is 7.70. The van der Waals surface area contributed by atoms with Gasteiger partial charge in [0.05, 0.1) is 5.52 Å². The predicted molar refractivity (Wildman–Crippen MR) is 92.7 cm³/mol. The molecule has 0 bridgehead atoms. The topological polar surface area (TPSA) is 62.0 Å². The molecule has 0 radical (unpaired) electrons. The van der Waals surface area contributed by atoms with Gasteiger partial charge in [0.1, 0.15) is 5.82 Å². The van der Waals surface area contributed by atoms with Crippen LogP contribution < -0.4 is 10.9 Å². The van der Waals surface area contributed by atoms with E-state index in [0.29, 0.717) is 17.7 Å². The standard InChI is InChI=1S/C19H17FN2O2/c1-12-4-2-5-13-10-14(19(24)22-18(12)13)8-9-17(23)21-16-7-3-6-15(20)11-16/h2-7,10-11H,8-9H2,1H3,(H,21,23)(H,22,24). The molecule has 0 unspecified atom stereocenters. The molecule has 24 heavy (non-hydrogen) atoms. The highest BCUT2D eigenvalue weighted by molar-refractivity contribution is 5.91. The molecule has 1 amide bonds. The molecule has 4 nitrogen and oxygen atoms in total. The van der Waals surface area contributed by atoms with Gasteiger partial charge in [0, 0.05) is 17.7 Å². The highest BCUT2D eigenvalue weighted by atomic mass is 19.1. The van der Waals surface area contributed by atoms with E-state index in [1.807, 2.05) is 31.2 Å². The lowest BCUT2D eigenvalue weighted by atomic mass is 10.1. The number of para-hydroxylation sites is 1. The minimum absolute atomic E-state index is 0.150. The Morgan fingerprint density at radius 1 is 1.17 bits per heavy atom. The van der Waals surface area contributed by atoms with E-state index in [1.54, 1.807) is 6.07 Å². The quantitative estimate of drug-likeness (QED) is 0.771. The molecule has 0 saturated carbocycles. The highest BCUT2D eigenvalue weighted by Crippen LogP contribution is 2.16. The van der Waals surface area contributed by atoms with Crippen LogP contribution in [0.15, 0.2) is 53.3 Å². The Labute approximate surface area is 138 Å². The molecule has 122 valence electrons. The molecule has 0 aliphatic carbocycles. The summed E-state index contributed by atoms with van der Waals surface area (Å²) >= 11 is 0. The minimum atomic E-state index is -0.408. The molecule has 0 aliphatic heterocycles. The van der Waals surface area contributed by atoms with Crippen LogP contribution in [0.5, 0.6) is 0 Å². The number of hydrogen-bond donors (Lipinski definition) is 2. The maximum atomic E-state index is 13.1. The van der Waals surface area contributed by atoms with Gasteiger partial charge in [-0.2, -0.15) is 0 Å². The van der Waals surface area contributed by atoms with Crippen LogP contribution >= 0.6 is 0 Å². The van der Waals surface area contributed by atoms with E-state index in [4.69, 9.17) is 0 Å². The average Bonchev–Trinajstić information content (AvgIpc) is 2.54. The first-order chi connectivity index (χ1) is 11.5. The van der Waals surface area contributed by atoms with Crippen molar-refractivity contribution in [1.82, 2.24) is 4.98 Å². The van der Waals surface area contributed by atoms with E-state index in [0.717, 1.165) is 16.5 Å². The first kappa shape index (κ1) is 15.9. The Hall–Kier alpha value is -2.95. The third-order valence-electron chi connectivity index (χ3n) is 3.89. The van der Waals surface area contributed by atoms with Crippen LogP contribution in [0.2, 0.25) is 0 Å². The number of carbonyl (C=O) groups is 1. The number of hydrogen-bond acceptors (Lipinski definition) is 2. The van der Waals surface area contributed by atoms with Crippen LogP contribution in [0.4, 0.5) is 10.1 Å². The Balaban J connectivity index is 1.72. The third kappa shape index (κ3) is 3.51. The van der Waals surface area contributed by atoms with E-state index in [2.05, 4.69) is 10.3 Å². The van der Waals surface area contributed by atoms with Crippen LogP contribution in [0.1, 0.15) is 17.5 Å². The van der Waals surface area contributed by atoms with Crippen LogP contribution in [0, 0.1) is 12.7 Å². The van der Waals surface area contributed by atoms with Crippen LogP contribution in [-0.2, 0) is 11.2 Å². The van der Waals surface area contributed by atoms with Crippen molar-refractivity contribution in [2.45, 2.75) is 19.8 Å². The summed E-state index contributed by atoms with van der Waals surface area (Å²) in [7, 11) is 0. The molecule has 0 fully saturated rings. The number of halogens is 1. The number of amides is 1. The molecule has 3 aromatic rings. The predicted octanol–water partition coefficient (Wildman–Crippen LogP) is 3.55. The SMILES string of the molecule is Cc1cccc2cc(CCC(=O)Nc3cccc(F)c3)c(=O)[nH]c12. The number of aromatic nitrogens is 1. The number of nitrogens with one attached hydrogen (secondary N) is 2. The number of H-pyrrole nitrogens is 1. The maximum absolute atomic E-state index is 13.1. The van der Waals surface area contributed by atoms with Gasteiger partial charge in [0.2, 0.25) is 5.91 Å². The number of pyridine rings is 1. The molecular formula is C19H17FN2O2. The Bertz CT molecular complexity index is 963. The summed E-state index contributed by atoms with van der Waals surface area (Å²) < 4.78 is 13.1. The van der Waals surface area contributed by atoms with Gasteiger partial charge in [-0.05, 0) is 48.6 Å². The van der Waals surface area contributed by atoms with Crippen molar-refractivity contribution in [2.24, 2.45) is 0 Å². The van der Waals surface area contributed by atoms with Crippen LogP contribution in [-0.4, -0.2) is 10.9 Å². The second kappa shape index (κ2) is 6.66. The number of aryl methyl sites for hydroxylation is 2. The second-order valence-corrected chi connectivity index (χ2v) is 5.72. The highest BCUT2D eigenvalue weighted by Gasteiger charge is 2.08. The molecule has 3 rings (SSSR count). The van der Waals surface area contributed by atoms with Gasteiger partial charge < -0.3 is 10.3 Å². The Kier molecular flexibility index (Phi) is 4.42. The number of anilines is 1. The van der Waals surface area contributed by atoms with E-state index in [9.17, 15) is 14.0 Å². The molecule has 0 atom stereocenters. The van der Waals surface area contributed by atoms with Crippen LogP contribution in [0.3, 0.4) is 0 Å². The molecule has 1 aromatic heterocycles. The molecule has 1 heterocycles. The fourth-order valence-corrected chi connectivity index (χ4v) is 2.65. The van der Waals surface area contributed by atoms with Gasteiger partial charge in [-0.15, -0.1) is 0 Å². The van der Waals surface area contributed by atoms with Crippen molar-refractivity contribution in [3.05, 3.63) is 75.8 Å². The largest absolute Gasteiger partial charge is 0.326 e. The van der Waals surface area contributed by atoms with Gasteiger partial charge in [0.15, 0.2) is 0 Å². The van der Waals surface area contributed by atoms with Crippen molar-refractivity contribution in [3.63, 3.8) is 0 Å². The first-order valence-electron chi connectivity index (χ1n) is 7.70. The Morgan fingerprint density at radius 2 is 1.96 bits per heavy atom. The van der Waals surface area contributed by atoms with Gasteiger partial charge >= 0.3 is 0 Å². The number of fused-ring (bicyclic) bond motifs is 1. The van der Waals surface area contributed by atoms with E-state index < -0.39 is 5.82 Å². The van der Waals surface area contributed by atoms with Crippen molar-refractivity contribution in [1.29, 1.82) is 0 Å². The zero-order valence-electron chi connectivity index (χ0n) is 13.2. The summed E-state index contributed by atoms with van der Waals surface area (Å²) in [6.07, 6.45) is 0.470. The van der Waals surface area contributed by atoms with E-state index >= 15 is 0 Å². The fraction of sp³-hybridized carbons (Fsp3) is 0.158. The van der Waals surface area contributed by atoms with Crippen molar-refractivity contribution < 1.29 is 9.18 Å². The molecule has 2 N–H and O–H groups in total. The minimum Gasteiger partial charge on any atom is -0.326 e. The number of aromatic amines is 1. The smallest absolute Gasteiger partial charge is 0.251 e. The molecular weight excluding hydrogens is 307 g/mol. The molecule has 0 saturated heterocycles. The lowest BCUT2D eigenvalue weighted by molar-refractivity contribution is -0.116. The number of rotatable bonds is 4. The zero-order valence-corrected chi connectivity index (χ0v) is 13.2. The average molecular weight is 324 g/mol. The van der Waals surface area contributed by atoms with E-state index in [1.165, 1.54) is 18.2 Å². The van der Waals surface area contributed by atoms with Gasteiger partial charge in [-0.25, -0.2) is 4.39 Å². The summed E-state index contributed by atoms with van der Waals surface area (Å²) in [5.74, 6) is -0.668.